The Kier molecular flexibility index (Phi) is 17.2. The molecule has 0 radical (unpaired) electrons. The highest BCUT2D eigenvalue weighted by Gasteiger charge is 1.99. The van der Waals surface area contributed by atoms with Gasteiger partial charge in [-0.25, -0.2) is 0 Å². The van der Waals surface area contributed by atoms with Crippen molar-refractivity contribution < 1.29 is 0 Å². The molecule has 0 aliphatic heterocycles. The van der Waals surface area contributed by atoms with Crippen molar-refractivity contribution in [3.63, 3.8) is 0 Å². The lowest BCUT2D eigenvalue weighted by Crippen LogP contribution is -2.20. The predicted molar refractivity (Wildman–Crippen MR) is 102 cm³/mol. The summed E-state index contributed by atoms with van der Waals surface area (Å²) in [5.74, 6) is 0. The first-order valence-corrected chi connectivity index (χ1v) is 10.1. The molecule has 0 fully saturated rings. The molecule has 0 aromatic carbocycles. The molecule has 22 heavy (non-hydrogen) atoms. The Morgan fingerprint density at radius 3 is 1.00 bits per heavy atom. The first-order valence-electron chi connectivity index (χ1n) is 10.1. The average molecular weight is 313 g/mol. The maximum atomic E-state index is 2.50. The molecule has 0 saturated heterocycles. The lowest BCUT2D eigenvalue weighted by molar-refractivity contribution is 0.315. The van der Waals surface area contributed by atoms with Gasteiger partial charge in [0.25, 0.3) is 0 Å². The quantitative estimate of drug-likeness (QED) is 0.324. The Morgan fingerprint density at radius 1 is 0.409 bits per heavy atom. The van der Waals surface area contributed by atoms with Gasteiger partial charge in [0.05, 0.1) is 0 Å². The number of nitrogens with zero attached hydrogens (tertiary/aromatic N) is 2. The van der Waals surface area contributed by atoms with E-state index in [1.807, 2.05) is 0 Å². The molecule has 0 spiro atoms. The minimum atomic E-state index is 1.28. The van der Waals surface area contributed by atoms with Gasteiger partial charge in [0.2, 0.25) is 0 Å². The van der Waals surface area contributed by atoms with Gasteiger partial charge in [0, 0.05) is 0 Å². The van der Waals surface area contributed by atoms with Crippen molar-refractivity contribution in [2.45, 2.75) is 90.9 Å². The molecule has 0 aromatic rings. The van der Waals surface area contributed by atoms with Crippen LogP contribution in [0.15, 0.2) is 0 Å². The molecule has 0 aromatic heterocycles. The standard InChI is InChI=1S/C20H44N2/c1-5-7-17-21(3)19-15-13-11-9-10-12-14-16-20-22(4)18-8-6-2/h5-20H2,1-4H3. The van der Waals surface area contributed by atoms with Crippen LogP contribution in [0.5, 0.6) is 0 Å². The summed E-state index contributed by atoms with van der Waals surface area (Å²) in [6.45, 7) is 9.70. The highest BCUT2D eigenvalue weighted by Crippen LogP contribution is 2.09. The van der Waals surface area contributed by atoms with E-state index in [4.69, 9.17) is 0 Å². The molecule has 134 valence electrons. The molecule has 0 aliphatic carbocycles. The smallest absolute Gasteiger partial charge is 0.00218 e. The maximum absolute atomic E-state index is 2.50. The number of hydrogen-bond acceptors (Lipinski definition) is 2. The molecule has 2 nitrogen and oxygen atoms in total. The van der Waals surface area contributed by atoms with Gasteiger partial charge >= 0.3 is 0 Å². The first kappa shape index (κ1) is 21.9. The van der Waals surface area contributed by atoms with Crippen molar-refractivity contribution >= 4 is 0 Å². The molecule has 0 amide bonds. The largest absolute Gasteiger partial charge is 0.306 e. The van der Waals surface area contributed by atoms with E-state index in [0.29, 0.717) is 0 Å². The van der Waals surface area contributed by atoms with Crippen molar-refractivity contribution in [3.8, 4) is 0 Å². The molecule has 0 bridgehead atoms. The van der Waals surface area contributed by atoms with Gasteiger partial charge in [-0.05, 0) is 66.0 Å². The number of hydrogen-bond donors (Lipinski definition) is 0. The average Bonchev–Trinajstić information content (AvgIpc) is 2.52. The van der Waals surface area contributed by atoms with E-state index < -0.39 is 0 Å². The summed E-state index contributed by atoms with van der Waals surface area (Å²) in [4.78, 5) is 5.00. The van der Waals surface area contributed by atoms with Crippen molar-refractivity contribution in [2.24, 2.45) is 0 Å². The summed E-state index contributed by atoms with van der Waals surface area (Å²) in [7, 11) is 4.54. The Hall–Kier alpha value is -0.0800. The van der Waals surface area contributed by atoms with Crippen LogP contribution in [0.4, 0.5) is 0 Å². The lowest BCUT2D eigenvalue weighted by atomic mass is 10.1. The SMILES string of the molecule is CCCCN(C)CCCCCCCCCCN(C)CCCC. The zero-order chi connectivity index (χ0) is 16.5. The molecule has 0 rings (SSSR count). The fourth-order valence-electron chi connectivity index (χ4n) is 2.90. The topological polar surface area (TPSA) is 6.48 Å². The Balaban J connectivity index is 3.14. The van der Waals surface area contributed by atoms with Crippen LogP contribution in [0.2, 0.25) is 0 Å². The van der Waals surface area contributed by atoms with Gasteiger partial charge in [0.15, 0.2) is 0 Å². The third-order valence-corrected chi connectivity index (χ3v) is 4.62. The summed E-state index contributed by atoms with van der Waals surface area (Å²) < 4.78 is 0. The van der Waals surface area contributed by atoms with E-state index in [2.05, 4.69) is 37.7 Å². The fraction of sp³-hybridized carbons (Fsp3) is 1.00. The molecule has 0 N–H and O–H groups in total. The molecular weight excluding hydrogens is 268 g/mol. The van der Waals surface area contributed by atoms with E-state index in [9.17, 15) is 0 Å². The summed E-state index contributed by atoms with van der Waals surface area (Å²) in [5, 5.41) is 0. The van der Waals surface area contributed by atoms with Crippen LogP contribution in [0, 0.1) is 0 Å². The molecular formula is C20H44N2. The molecule has 0 atom stereocenters. The second kappa shape index (κ2) is 17.3. The second-order valence-corrected chi connectivity index (χ2v) is 7.14. The van der Waals surface area contributed by atoms with E-state index in [1.54, 1.807) is 0 Å². The zero-order valence-corrected chi connectivity index (χ0v) is 16.2. The first-order chi connectivity index (χ1) is 10.7. The molecule has 0 saturated carbocycles. The van der Waals surface area contributed by atoms with Crippen LogP contribution >= 0.6 is 0 Å². The summed E-state index contributed by atoms with van der Waals surface area (Å²) >= 11 is 0. The zero-order valence-electron chi connectivity index (χ0n) is 16.2. The molecule has 2 heteroatoms. The van der Waals surface area contributed by atoms with Crippen LogP contribution in [-0.4, -0.2) is 50.1 Å². The highest BCUT2D eigenvalue weighted by molar-refractivity contribution is 4.54. The van der Waals surface area contributed by atoms with E-state index in [-0.39, 0.29) is 0 Å². The van der Waals surface area contributed by atoms with Gasteiger partial charge < -0.3 is 9.80 Å². The minimum absolute atomic E-state index is 1.28. The lowest BCUT2D eigenvalue weighted by Gasteiger charge is -2.16. The van der Waals surface area contributed by atoms with Crippen LogP contribution in [0.3, 0.4) is 0 Å². The number of rotatable bonds is 17. The van der Waals surface area contributed by atoms with Gasteiger partial charge in [-0.15, -0.1) is 0 Å². The second-order valence-electron chi connectivity index (χ2n) is 7.14. The van der Waals surface area contributed by atoms with Crippen LogP contribution < -0.4 is 0 Å². The van der Waals surface area contributed by atoms with Gasteiger partial charge in [-0.3, -0.25) is 0 Å². The Bertz CT molecular complexity index is 184. The fourth-order valence-corrected chi connectivity index (χ4v) is 2.90. The number of unbranched alkanes of at least 4 members (excludes halogenated alkanes) is 9. The summed E-state index contributed by atoms with van der Waals surface area (Å²) in [6, 6.07) is 0. The third-order valence-electron chi connectivity index (χ3n) is 4.62. The molecule has 0 aliphatic rings. The Labute approximate surface area is 141 Å². The monoisotopic (exact) mass is 312 g/mol. The van der Waals surface area contributed by atoms with Gasteiger partial charge in [-0.1, -0.05) is 65.2 Å². The van der Waals surface area contributed by atoms with E-state index in [0.717, 1.165) is 0 Å². The highest BCUT2D eigenvalue weighted by atomic mass is 15.1. The van der Waals surface area contributed by atoms with Gasteiger partial charge in [0.1, 0.15) is 0 Å². The van der Waals surface area contributed by atoms with Crippen LogP contribution in [-0.2, 0) is 0 Å². The van der Waals surface area contributed by atoms with Crippen molar-refractivity contribution in [2.75, 3.05) is 40.3 Å². The van der Waals surface area contributed by atoms with Crippen molar-refractivity contribution in [1.29, 1.82) is 0 Å². The normalized spacial score (nSPS) is 11.7. The maximum Gasteiger partial charge on any atom is -0.00218 e. The van der Waals surface area contributed by atoms with Gasteiger partial charge in [-0.2, -0.15) is 0 Å². The summed E-state index contributed by atoms with van der Waals surface area (Å²) in [5.41, 5.74) is 0. The van der Waals surface area contributed by atoms with Crippen LogP contribution in [0.1, 0.15) is 90.9 Å². The minimum Gasteiger partial charge on any atom is -0.306 e. The third kappa shape index (κ3) is 16.3. The van der Waals surface area contributed by atoms with E-state index in [1.165, 1.54) is 103 Å². The van der Waals surface area contributed by atoms with Crippen LogP contribution in [0.25, 0.3) is 0 Å². The molecule has 0 heterocycles. The van der Waals surface area contributed by atoms with Crippen molar-refractivity contribution in [1.82, 2.24) is 9.80 Å². The summed E-state index contributed by atoms with van der Waals surface area (Å²) in [6.07, 6.45) is 16.8. The van der Waals surface area contributed by atoms with Crippen molar-refractivity contribution in [3.05, 3.63) is 0 Å². The Morgan fingerprint density at radius 2 is 0.682 bits per heavy atom. The van der Waals surface area contributed by atoms with E-state index >= 15 is 0 Å². The predicted octanol–water partition coefficient (Wildman–Crippen LogP) is 5.57. The molecule has 0 unspecified atom stereocenters.